The van der Waals surface area contributed by atoms with E-state index in [2.05, 4.69) is 5.32 Å². The molecule has 3 amide bonds. The van der Waals surface area contributed by atoms with Gasteiger partial charge in [-0.2, -0.15) is 0 Å². The third-order valence-corrected chi connectivity index (χ3v) is 8.16. The molecular weight excluding hydrogens is 638 g/mol. The Balaban J connectivity index is 3.70. The fourth-order valence-electron chi connectivity index (χ4n) is 5.50. The second kappa shape index (κ2) is 16.9. The molecule has 0 aliphatic carbocycles. The van der Waals surface area contributed by atoms with Crippen molar-refractivity contribution in [3.63, 3.8) is 0 Å². The minimum Gasteiger partial charge on any atom is -0.463 e. The van der Waals surface area contributed by atoms with Gasteiger partial charge in [-0.3, -0.25) is 14.5 Å². The number of ether oxygens (including phenoxy) is 3. The summed E-state index contributed by atoms with van der Waals surface area (Å²) >= 11 is 0. The fourth-order valence-corrected chi connectivity index (χ4v) is 5.50. The van der Waals surface area contributed by atoms with Gasteiger partial charge in [-0.05, 0) is 84.4 Å². The van der Waals surface area contributed by atoms with Crippen LogP contribution in [0.25, 0.3) is 0 Å². The van der Waals surface area contributed by atoms with Gasteiger partial charge in [0.05, 0.1) is 18.2 Å². The SMILES string of the molecule is CCOC(=O)/C(C)=C/[C@H](C(C)C)N(C)C(=O)[C@@H](NC(=O)C(N(C)C(=O)OC(C)(C)C)C(C)(C)c1ccc(C(=O)OC(C)(C)C)cc1)C(C)(C)C. The van der Waals surface area contributed by atoms with Gasteiger partial charge in [-0.1, -0.05) is 66.7 Å². The monoisotopic (exact) mass is 701 g/mol. The molecule has 0 bridgehead atoms. The topological polar surface area (TPSA) is 132 Å². The fraction of sp³-hybridized carbons (Fsp3) is 0.667. The molecule has 1 aromatic carbocycles. The molecule has 11 heteroatoms. The van der Waals surface area contributed by atoms with Gasteiger partial charge in [0, 0.05) is 25.1 Å². The molecule has 0 aromatic heterocycles. The number of carbonyl (C=O) groups excluding carboxylic acids is 5. The van der Waals surface area contributed by atoms with E-state index in [4.69, 9.17) is 14.2 Å². The van der Waals surface area contributed by atoms with Crippen LogP contribution in [0.4, 0.5) is 4.79 Å². The number of carbonyl (C=O) groups is 5. The summed E-state index contributed by atoms with van der Waals surface area (Å²) in [5, 5.41) is 2.99. The van der Waals surface area contributed by atoms with Gasteiger partial charge in [0.15, 0.2) is 0 Å². The van der Waals surface area contributed by atoms with Crippen molar-refractivity contribution in [2.75, 3.05) is 20.7 Å². The average Bonchev–Trinajstić information content (AvgIpc) is 2.95. The molecule has 50 heavy (non-hydrogen) atoms. The van der Waals surface area contributed by atoms with Crippen LogP contribution in [0.3, 0.4) is 0 Å². The van der Waals surface area contributed by atoms with Crippen LogP contribution in [0.1, 0.15) is 120 Å². The first-order chi connectivity index (χ1) is 22.5. The van der Waals surface area contributed by atoms with Crippen molar-refractivity contribution >= 4 is 29.8 Å². The third-order valence-electron chi connectivity index (χ3n) is 8.16. The first-order valence-electron chi connectivity index (χ1n) is 17.3. The Hall–Kier alpha value is -3.89. The number of amides is 3. The van der Waals surface area contributed by atoms with E-state index in [-0.39, 0.29) is 18.4 Å². The lowest BCUT2D eigenvalue weighted by Crippen LogP contribution is -2.63. The molecule has 0 heterocycles. The van der Waals surface area contributed by atoms with Gasteiger partial charge >= 0.3 is 18.0 Å². The van der Waals surface area contributed by atoms with Crippen molar-refractivity contribution < 1.29 is 38.2 Å². The smallest absolute Gasteiger partial charge is 0.410 e. The van der Waals surface area contributed by atoms with Crippen LogP contribution in [0.15, 0.2) is 35.9 Å². The molecule has 0 aliphatic heterocycles. The van der Waals surface area contributed by atoms with Crippen LogP contribution in [0, 0.1) is 11.3 Å². The van der Waals surface area contributed by atoms with Crippen LogP contribution >= 0.6 is 0 Å². The van der Waals surface area contributed by atoms with E-state index in [1.165, 1.54) is 16.8 Å². The van der Waals surface area contributed by atoms with E-state index < -0.39 is 64.1 Å². The number of rotatable bonds is 12. The molecule has 1 aromatic rings. The molecular formula is C39H63N3O8. The summed E-state index contributed by atoms with van der Waals surface area (Å²) in [6.45, 7) is 27.2. The van der Waals surface area contributed by atoms with Gasteiger partial charge in [-0.25, -0.2) is 14.4 Å². The molecule has 0 fully saturated rings. The zero-order valence-electron chi connectivity index (χ0n) is 33.6. The Labute approximate surface area is 300 Å². The number of likely N-dealkylation sites (N-methyl/N-ethyl adjacent to an activating group) is 2. The number of esters is 2. The maximum Gasteiger partial charge on any atom is 0.410 e. The molecule has 3 atom stereocenters. The normalized spacial score (nSPS) is 14.6. The van der Waals surface area contributed by atoms with Crippen molar-refractivity contribution in [3.8, 4) is 0 Å². The highest BCUT2D eigenvalue weighted by atomic mass is 16.6. The lowest BCUT2D eigenvalue weighted by atomic mass is 9.76. The van der Waals surface area contributed by atoms with Gasteiger partial charge in [0.25, 0.3) is 0 Å². The highest BCUT2D eigenvalue weighted by Gasteiger charge is 2.46. The number of nitrogens with one attached hydrogen (secondary N) is 1. The van der Waals surface area contributed by atoms with E-state index in [9.17, 15) is 24.0 Å². The van der Waals surface area contributed by atoms with Crippen molar-refractivity contribution in [2.24, 2.45) is 11.3 Å². The Morgan fingerprint density at radius 3 is 1.72 bits per heavy atom. The third kappa shape index (κ3) is 12.5. The molecule has 0 radical (unpaired) electrons. The molecule has 1 unspecified atom stereocenters. The number of benzene rings is 1. The predicted octanol–water partition coefficient (Wildman–Crippen LogP) is 6.68. The molecule has 0 saturated heterocycles. The minimum atomic E-state index is -1.15. The van der Waals surface area contributed by atoms with Crippen LogP contribution in [-0.4, -0.2) is 89.7 Å². The zero-order valence-corrected chi connectivity index (χ0v) is 33.6. The Morgan fingerprint density at radius 2 is 1.30 bits per heavy atom. The Kier molecular flexibility index (Phi) is 14.9. The van der Waals surface area contributed by atoms with Crippen molar-refractivity contribution in [1.82, 2.24) is 15.1 Å². The first kappa shape index (κ1) is 44.1. The number of hydrogen-bond donors (Lipinski definition) is 1. The highest BCUT2D eigenvalue weighted by Crippen LogP contribution is 2.33. The van der Waals surface area contributed by atoms with Crippen molar-refractivity contribution in [1.29, 1.82) is 0 Å². The lowest BCUT2D eigenvalue weighted by Gasteiger charge is -2.42. The van der Waals surface area contributed by atoms with E-state index in [1.807, 2.05) is 48.5 Å². The van der Waals surface area contributed by atoms with E-state index in [1.54, 1.807) is 92.8 Å². The molecule has 0 spiro atoms. The summed E-state index contributed by atoms with van der Waals surface area (Å²) in [4.78, 5) is 70.3. The lowest BCUT2D eigenvalue weighted by molar-refractivity contribution is -0.142. The zero-order chi connectivity index (χ0) is 39.2. The van der Waals surface area contributed by atoms with Crippen molar-refractivity contribution in [3.05, 3.63) is 47.0 Å². The molecule has 0 saturated carbocycles. The first-order valence-corrected chi connectivity index (χ1v) is 17.3. The Morgan fingerprint density at radius 1 is 0.800 bits per heavy atom. The predicted molar refractivity (Wildman–Crippen MR) is 196 cm³/mol. The van der Waals surface area contributed by atoms with E-state index in [0.717, 1.165) is 0 Å². The van der Waals surface area contributed by atoms with Crippen LogP contribution < -0.4 is 5.32 Å². The maximum atomic E-state index is 14.6. The van der Waals surface area contributed by atoms with Crippen LogP contribution in [0.5, 0.6) is 0 Å². The van der Waals surface area contributed by atoms with Gasteiger partial charge < -0.3 is 24.4 Å². The van der Waals surface area contributed by atoms with Gasteiger partial charge in [0.1, 0.15) is 23.3 Å². The summed E-state index contributed by atoms with van der Waals surface area (Å²) < 4.78 is 16.3. The second-order valence-electron chi connectivity index (χ2n) is 16.9. The number of hydrogen-bond acceptors (Lipinski definition) is 8. The second-order valence-corrected chi connectivity index (χ2v) is 16.9. The van der Waals surface area contributed by atoms with Gasteiger partial charge in [0.2, 0.25) is 11.8 Å². The van der Waals surface area contributed by atoms with Crippen LogP contribution in [0.2, 0.25) is 0 Å². The summed E-state index contributed by atoms with van der Waals surface area (Å²) in [7, 11) is 3.14. The maximum absolute atomic E-state index is 14.6. The molecule has 1 N–H and O–H groups in total. The van der Waals surface area contributed by atoms with Crippen molar-refractivity contribution in [2.45, 2.75) is 139 Å². The standard InChI is InChI=1S/C39H63N3O8/c1-18-48-33(45)25(4)23-28(24(2)3)41(16)32(44)29(36(5,6)7)40-31(43)30(42(17)35(47)50-38(11,12)13)39(14,15)27-21-19-26(20-22-27)34(46)49-37(8,9)10/h19-24,28-30H,18H2,1-17H3,(H,40,43)/b25-23+/t28-,29-,30?/m1/s1. The average molecular weight is 702 g/mol. The molecule has 11 nitrogen and oxygen atoms in total. The van der Waals surface area contributed by atoms with E-state index in [0.29, 0.717) is 16.7 Å². The minimum absolute atomic E-state index is 0.0710. The van der Waals surface area contributed by atoms with Crippen LogP contribution in [-0.2, 0) is 34.0 Å². The highest BCUT2D eigenvalue weighted by molar-refractivity contribution is 5.93. The molecule has 0 aliphatic rings. The quantitative estimate of drug-likeness (QED) is 0.145. The summed E-state index contributed by atoms with van der Waals surface area (Å²) in [6, 6.07) is 4.07. The molecule has 1 rings (SSSR count). The molecule has 282 valence electrons. The number of nitrogens with zero attached hydrogens (tertiary/aromatic N) is 2. The Bertz CT molecular complexity index is 1390. The van der Waals surface area contributed by atoms with Gasteiger partial charge in [-0.15, -0.1) is 0 Å². The largest absolute Gasteiger partial charge is 0.463 e. The van der Waals surface area contributed by atoms with E-state index >= 15 is 0 Å². The summed E-state index contributed by atoms with van der Waals surface area (Å²) in [5.41, 5.74) is -1.92. The summed E-state index contributed by atoms with van der Waals surface area (Å²) in [6.07, 6.45) is 0.997. The summed E-state index contributed by atoms with van der Waals surface area (Å²) in [5.74, 6) is -1.95.